The van der Waals surface area contributed by atoms with Crippen LogP contribution in [0.4, 0.5) is 0 Å². The van der Waals surface area contributed by atoms with Crippen molar-refractivity contribution in [3.8, 4) is 6.07 Å². The Balaban J connectivity index is 1.91. The van der Waals surface area contributed by atoms with Gasteiger partial charge in [0.2, 0.25) is 0 Å². The van der Waals surface area contributed by atoms with Gasteiger partial charge in [-0.05, 0) is 60.9 Å². The van der Waals surface area contributed by atoms with Gasteiger partial charge in [0.05, 0.1) is 11.6 Å². The van der Waals surface area contributed by atoms with Crippen molar-refractivity contribution < 1.29 is 0 Å². The zero-order valence-electron chi connectivity index (χ0n) is 12.3. The first-order valence-corrected chi connectivity index (χ1v) is 7.22. The molecular weight excluding hydrogens is 242 g/mol. The van der Waals surface area contributed by atoms with Gasteiger partial charge in [-0.2, -0.15) is 5.26 Å². The van der Waals surface area contributed by atoms with E-state index in [1.54, 1.807) is 0 Å². The van der Waals surface area contributed by atoms with Crippen molar-refractivity contribution in [3.63, 3.8) is 0 Å². The Labute approximate surface area is 121 Å². The standard InChI is InChI=1S/C19H21N/c1-15(8-9-17-6-4-3-5-7-17)12-19-11-10-18(14-20)13-16(19)2/h3-7,10-11,13,15H,8-9,12H2,1-2H3. The first-order valence-electron chi connectivity index (χ1n) is 7.22. The van der Waals surface area contributed by atoms with Crippen molar-refractivity contribution in [1.82, 2.24) is 0 Å². The zero-order chi connectivity index (χ0) is 14.4. The first kappa shape index (κ1) is 14.3. The van der Waals surface area contributed by atoms with Crippen molar-refractivity contribution in [3.05, 3.63) is 70.8 Å². The van der Waals surface area contributed by atoms with Gasteiger partial charge in [0.1, 0.15) is 0 Å². The summed E-state index contributed by atoms with van der Waals surface area (Å²) in [6.45, 7) is 4.40. The molecule has 0 amide bonds. The molecule has 1 heteroatoms. The Morgan fingerprint density at radius 2 is 1.85 bits per heavy atom. The first-order chi connectivity index (χ1) is 9.69. The molecule has 0 heterocycles. The van der Waals surface area contributed by atoms with Gasteiger partial charge in [0.25, 0.3) is 0 Å². The number of hydrogen-bond donors (Lipinski definition) is 0. The lowest BCUT2D eigenvalue weighted by Gasteiger charge is -2.13. The average molecular weight is 263 g/mol. The number of nitriles is 1. The Hall–Kier alpha value is -2.07. The van der Waals surface area contributed by atoms with Crippen LogP contribution < -0.4 is 0 Å². The highest BCUT2D eigenvalue weighted by Crippen LogP contribution is 2.18. The third-order valence-electron chi connectivity index (χ3n) is 3.81. The molecule has 1 unspecified atom stereocenters. The Morgan fingerprint density at radius 3 is 2.50 bits per heavy atom. The van der Waals surface area contributed by atoms with Gasteiger partial charge in [-0.25, -0.2) is 0 Å². The predicted octanol–water partition coefficient (Wildman–Crippen LogP) is 4.68. The summed E-state index contributed by atoms with van der Waals surface area (Å²) in [6.07, 6.45) is 3.42. The van der Waals surface area contributed by atoms with Crippen LogP contribution in [0.2, 0.25) is 0 Å². The fourth-order valence-electron chi connectivity index (χ4n) is 2.53. The van der Waals surface area contributed by atoms with Gasteiger partial charge in [-0.3, -0.25) is 0 Å². The summed E-state index contributed by atoms with van der Waals surface area (Å²) in [4.78, 5) is 0. The summed E-state index contributed by atoms with van der Waals surface area (Å²) in [5.41, 5.74) is 4.76. The summed E-state index contributed by atoms with van der Waals surface area (Å²) in [7, 11) is 0. The number of benzene rings is 2. The van der Waals surface area contributed by atoms with Gasteiger partial charge >= 0.3 is 0 Å². The summed E-state index contributed by atoms with van der Waals surface area (Å²) >= 11 is 0. The average Bonchev–Trinajstić information content (AvgIpc) is 2.48. The van der Waals surface area contributed by atoms with E-state index < -0.39 is 0 Å². The topological polar surface area (TPSA) is 23.8 Å². The van der Waals surface area contributed by atoms with Gasteiger partial charge in [0, 0.05) is 0 Å². The fraction of sp³-hybridized carbons (Fsp3) is 0.316. The van der Waals surface area contributed by atoms with Crippen LogP contribution >= 0.6 is 0 Å². The lowest BCUT2D eigenvalue weighted by molar-refractivity contribution is 0.529. The molecule has 2 rings (SSSR count). The van der Waals surface area contributed by atoms with Crippen LogP contribution in [0.1, 0.15) is 35.6 Å². The van der Waals surface area contributed by atoms with E-state index >= 15 is 0 Å². The van der Waals surface area contributed by atoms with E-state index in [1.807, 2.05) is 12.1 Å². The summed E-state index contributed by atoms with van der Waals surface area (Å²) in [6, 6.07) is 18.9. The van der Waals surface area contributed by atoms with E-state index in [4.69, 9.17) is 5.26 Å². The van der Waals surface area contributed by atoms with E-state index in [-0.39, 0.29) is 0 Å². The smallest absolute Gasteiger partial charge is 0.0991 e. The van der Waals surface area contributed by atoms with Gasteiger partial charge in [0.15, 0.2) is 0 Å². The Morgan fingerprint density at radius 1 is 1.10 bits per heavy atom. The maximum atomic E-state index is 8.90. The second-order valence-corrected chi connectivity index (χ2v) is 5.59. The summed E-state index contributed by atoms with van der Waals surface area (Å²) in [5, 5.41) is 8.90. The molecule has 0 radical (unpaired) electrons. The lowest BCUT2D eigenvalue weighted by atomic mass is 9.92. The van der Waals surface area contributed by atoms with Crippen LogP contribution in [-0.2, 0) is 12.8 Å². The predicted molar refractivity (Wildman–Crippen MR) is 83.5 cm³/mol. The maximum Gasteiger partial charge on any atom is 0.0991 e. The molecule has 0 fully saturated rings. The minimum atomic E-state index is 0.654. The van der Waals surface area contributed by atoms with E-state index in [0.717, 1.165) is 18.4 Å². The molecule has 2 aromatic rings. The second-order valence-electron chi connectivity index (χ2n) is 5.59. The molecule has 2 aromatic carbocycles. The van der Waals surface area contributed by atoms with Gasteiger partial charge in [-0.15, -0.1) is 0 Å². The number of nitrogens with zero attached hydrogens (tertiary/aromatic N) is 1. The van der Waals surface area contributed by atoms with Gasteiger partial charge in [-0.1, -0.05) is 43.3 Å². The molecule has 0 bridgehead atoms. The molecule has 0 aromatic heterocycles. The van der Waals surface area contributed by atoms with E-state index in [9.17, 15) is 0 Å². The van der Waals surface area contributed by atoms with Crippen molar-refractivity contribution in [2.24, 2.45) is 5.92 Å². The zero-order valence-corrected chi connectivity index (χ0v) is 12.3. The van der Waals surface area contributed by atoms with Crippen molar-refractivity contribution >= 4 is 0 Å². The molecule has 0 N–H and O–H groups in total. The van der Waals surface area contributed by atoms with E-state index in [2.05, 4.69) is 56.3 Å². The highest BCUT2D eigenvalue weighted by atomic mass is 14.2. The van der Waals surface area contributed by atoms with Crippen molar-refractivity contribution in [2.75, 3.05) is 0 Å². The Kier molecular flexibility index (Phi) is 4.96. The van der Waals surface area contributed by atoms with Crippen LogP contribution in [0, 0.1) is 24.2 Å². The van der Waals surface area contributed by atoms with Crippen molar-refractivity contribution in [1.29, 1.82) is 5.26 Å². The molecule has 0 spiro atoms. The van der Waals surface area contributed by atoms with E-state index in [1.165, 1.54) is 23.1 Å². The summed E-state index contributed by atoms with van der Waals surface area (Å²) in [5.74, 6) is 0.654. The van der Waals surface area contributed by atoms with Crippen LogP contribution in [0.5, 0.6) is 0 Å². The summed E-state index contributed by atoms with van der Waals surface area (Å²) < 4.78 is 0. The third-order valence-corrected chi connectivity index (χ3v) is 3.81. The molecule has 1 nitrogen and oxygen atoms in total. The normalized spacial score (nSPS) is 11.8. The highest BCUT2D eigenvalue weighted by molar-refractivity contribution is 5.37. The van der Waals surface area contributed by atoms with E-state index in [0.29, 0.717) is 5.92 Å². The quantitative estimate of drug-likeness (QED) is 0.768. The molecule has 0 saturated carbocycles. The molecule has 102 valence electrons. The molecule has 1 atom stereocenters. The molecule has 0 saturated heterocycles. The van der Waals surface area contributed by atoms with Crippen LogP contribution in [0.15, 0.2) is 48.5 Å². The monoisotopic (exact) mass is 263 g/mol. The van der Waals surface area contributed by atoms with Crippen molar-refractivity contribution in [2.45, 2.75) is 33.1 Å². The largest absolute Gasteiger partial charge is 0.192 e. The minimum Gasteiger partial charge on any atom is -0.192 e. The second kappa shape index (κ2) is 6.91. The SMILES string of the molecule is Cc1cc(C#N)ccc1CC(C)CCc1ccccc1. The third kappa shape index (κ3) is 3.96. The molecule has 0 aliphatic rings. The lowest BCUT2D eigenvalue weighted by Crippen LogP contribution is -2.03. The molecule has 0 aliphatic carbocycles. The van der Waals surface area contributed by atoms with Crippen LogP contribution in [-0.4, -0.2) is 0 Å². The molecule has 20 heavy (non-hydrogen) atoms. The van der Waals surface area contributed by atoms with Crippen LogP contribution in [0.3, 0.4) is 0 Å². The Bertz CT molecular complexity index is 593. The molecular formula is C19H21N. The fourth-order valence-corrected chi connectivity index (χ4v) is 2.53. The van der Waals surface area contributed by atoms with Crippen LogP contribution in [0.25, 0.3) is 0 Å². The molecule has 0 aliphatic heterocycles. The number of aryl methyl sites for hydroxylation is 2. The van der Waals surface area contributed by atoms with Gasteiger partial charge < -0.3 is 0 Å². The maximum absolute atomic E-state index is 8.90. The number of rotatable bonds is 5. The highest BCUT2D eigenvalue weighted by Gasteiger charge is 2.07. The minimum absolute atomic E-state index is 0.654. The number of hydrogen-bond acceptors (Lipinski definition) is 1.